The summed E-state index contributed by atoms with van der Waals surface area (Å²) in [7, 11) is 0. The van der Waals surface area contributed by atoms with E-state index in [1.54, 1.807) is 0 Å². The van der Waals surface area contributed by atoms with Gasteiger partial charge in [0.25, 0.3) is 0 Å². The van der Waals surface area contributed by atoms with E-state index in [0.29, 0.717) is 11.6 Å². The maximum Gasteiger partial charge on any atom is 0.0991 e. The quantitative estimate of drug-likeness (QED) is 0.769. The van der Waals surface area contributed by atoms with Crippen LogP contribution in [0.4, 0.5) is 5.69 Å². The van der Waals surface area contributed by atoms with Crippen LogP contribution >= 0.6 is 0 Å². The van der Waals surface area contributed by atoms with Crippen molar-refractivity contribution in [3.8, 4) is 6.07 Å². The van der Waals surface area contributed by atoms with Gasteiger partial charge in [0.1, 0.15) is 0 Å². The normalized spacial score (nSPS) is 20.4. The molecule has 1 heterocycles. The van der Waals surface area contributed by atoms with E-state index in [1.807, 2.05) is 24.3 Å². The third kappa shape index (κ3) is 2.04. The topological polar surface area (TPSA) is 45.0 Å². The van der Waals surface area contributed by atoms with E-state index in [4.69, 9.17) is 10.00 Å². The van der Waals surface area contributed by atoms with Crippen LogP contribution in [0.5, 0.6) is 0 Å². The molecule has 0 spiro atoms. The third-order valence-corrected chi connectivity index (χ3v) is 2.31. The lowest BCUT2D eigenvalue weighted by molar-refractivity contribution is 0.195. The van der Waals surface area contributed by atoms with Gasteiger partial charge in [-0.3, -0.25) is 0 Å². The van der Waals surface area contributed by atoms with Gasteiger partial charge in [-0.1, -0.05) is 0 Å². The molecule has 3 heteroatoms. The minimum absolute atomic E-state index is 0.419. The summed E-state index contributed by atoms with van der Waals surface area (Å²) >= 11 is 0. The van der Waals surface area contributed by atoms with Gasteiger partial charge in [-0.15, -0.1) is 0 Å². The molecule has 0 aromatic heterocycles. The lowest BCUT2D eigenvalue weighted by Crippen LogP contribution is -2.18. The molecule has 1 aromatic rings. The second-order valence-corrected chi connectivity index (χ2v) is 3.39. The summed E-state index contributed by atoms with van der Waals surface area (Å²) in [5.41, 5.74) is 1.75. The molecule has 0 bridgehead atoms. The molecule has 1 N–H and O–H groups in total. The maximum absolute atomic E-state index is 8.62. The van der Waals surface area contributed by atoms with Gasteiger partial charge < -0.3 is 10.1 Å². The lowest BCUT2D eigenvalue weighted by Gasteiger charge is -2.11. The van der Waals surface area contributed by atoms with Gasteiger partial charge >= 0.3 is 0 Å². The van der Waals surface area contributed by atoms with E-state index in [0.717, 1.165) is 25.3 Å². The Hall–Kier alpha value is -1.53. The molecule has 0 saturated carbocycles. The van der Waals surface area contributed by atoms with Crippen LogP contribution in [-0.2, 0) is 4.74 Å². The molecule has 72 valence electrons. The van der Waals surface area contributed by atoms with Gasteiger partial charge in [0.2, 0.25) is 0 Å². The van der Waals surface area contributed by atoms with Crippen molar-refractivity contribution in [3.63, 3.8) is 0 Å². The predicted octanol–water partition coefficient (Wildman–Crippen LogP) is 1.76. The molecule has 1 aliphatic heterocycles. The number of hydrogen-bond donors (Lipinski definition) is 1. The number of benzene rings is 1. The first-order valence-corrected chi connectivity index (χ1v) is 4.73. The highest BCUT2D eigenvalue weighted by atomic mass is 16.5. The number of nitrogens with one attached hydrogen (secondary N) is 1. The molecular weight excluding hydrogens is 176 g/mol. The van der Waals surface area contributed by atoms with Crippen LogP contribution in [0.2, 0.25) is 0 Å². The summed E-state index contributed by atoms with van der Waals surface area (Å²) in [5, 5.41) is 12.0. The molecule has 1 saturated heterocycles. The monoisotopic (exact) mass is 188 g/mol. The van der Waals surface area contributed by atoms with Crippen molar-refractivity contribution >= 4 is 5.69 Å². The molecule has 1 fully saturated rings. The van der Waals surface area contributed by atoms with Gasteiger partial charge in [0.05, 0.1) is 24.3 Å². The van der Waals surface area contributed by atoms with Gasteiger partial charge in [0.15, 0.2) is 0 Å². The smallest absolute Gasteiger partial charge is 0.0991 e. The highest BCUT2D eigenvalue weighted by Gasteiger charge is 2.14. The summed E-state index contributed by atoms with van der Waals surface area (Å²) in [5.74, 6) is 0. The maximum atomic E-state index is 8.62. The van der Waals surface area contributed by atoms with Crippen molar-refractivity contribution in [1.29, 1.82) is 5.26 Å². The lowest BCUT2D eigenvalue weighted by atomic mass is 10.2. The van der Waals surface area contributed by atoms with Crippen LogP contribution in [0.3, 0.4) is 0 Å². The number of ether oxygens (including phenoxy) is 1. The molecule has 1 aliphatic rings. The summed E-state index contributed by atoms with van der Waals surface area (Å²) in [6, 6.07) is 10.0. The summed E-state index contributed by atoms with van der Waals surface area (Å²) in [6.07, 6.45) is 1.06. The number of anilines is 1. The first kappa shape index (κ1) is 9.04. The largest absolute Gasteiger partial charge is 0.380 e. The van der Waals surface area contributed by atoms with Crippen molar-refractivity contribution < 1.29 is 4.74 Å². The standard InChI is InChI=1S/C11H12N2O/c12-7-9-1-3-10(4-2-9)13-11-5-6-14-8-11/h1-4,11,13H,5-6,8H2/t11-/m1/s1. The van der Waals surface area contributed by atoms with E-state index in [2.05, 4.69) is 11.4 Å². The molecule has 3 nitrogen and oxygen atoms in total. The number of rotatable bonds is 2. The Morgan fingerprint density at radius 3 is 2.71 bits per heavy atom. The van der Waals surface area contributed by atoms with Crippen molar-refractivity contribution in [1.82, 2.24) is 0 Å². The Kier molecular flexibility index (Phi) is 2.66. The van der Waals surface area contributed by atoms with Crippen LogP contribution in [0.1, 0.15) is 12.0 Å². The predicted molar refractivity (Wildman–Crippen MR) is 54.0 cm³/mol. The number of nitrogens with zero attached hydrogens (tertiary/aromatic N) is 1. The minimum Gasteiger partial charge on any atom is -0.380 e. The molecule has 0 unspecified atom stereocenters. The van der Waals surface area contributed by atoms with E-state index in [1.165, 1.54) is 0 Å². The molecular formula is C11H12N2O. The van der Waals surface area contributed by atoms with Crippen LogP contribution < -0.4 is 5.32 Å². The molecule has 1 aromatic carbocycles. The average Bonchev–Trinajstić information content (AvgIpc) is 2.72. The SMILES string of the molecule is N#Cc1ccc(N[C@@H]2CCOC2)cc1. The second-order valence-electron chi connectivity index (χ2n) is 3.39. The van der Waals surface area contributed by atoms with Crippen LogP contribution in [0, 0.1) is 11.3 Å². The zero-order valence-corrected chi connectivity index (χ0v) is 7.86. The van der Waals surface area contributed by atoms with E-state index in [-0.39, 0.29) is 0 Å². The van der Waals surface area contributed by atoms with Crippen LogP contribution in [0.15, 0.2) is 24.3 Å². The second kappa shape index (κ2) is 4.12. The van der Waals surface area contributed by atoms with E-state index < -0.39 is 0 Å². The van der Waals surface area contributed by atoms with Gasteiger partial charge in [-0.2, -0.15) is 5.26 Å². The molecule has 0 radical (unpaired) electrons. The fourth-order valence-corrected chi connectivity index (χ4v) is 1.53. The molecule has 0 aliphatic carbocycles. The Morgan fingerprint density at radius 1 is 1.36 bits per heavy atom. The summed E-state index contributed by atoms with van der Waals surface area (Å²) < 4.78 is 5.26. The van der Waals surface area contributed by atoms with Crippen molar-refractivity contribution in [2.45, 2.75) is 12.5 Å². The highest BCUT2D eigenvalue weighted by Crippen LogP contribution is 2.14. The van der Waals surface area contributed by atoms with Crippen molar-refractivity contribution in [2.24, 2.45) is 0 Å². The van der Waals surface area contributed by atoms with Crippen molar-refractivity contribution in [2.75, 3.05) is 18.5 Å². The van der Waals surface area contributed by atoms with Crippen LogP contribution in [-0.4, -0.2) is 19.3 Å². The Bertz CT molecular complexity index is 333. The highest BCUT2D eigenvalue weighted by molar-refractivity contribution is 5.47. The van der Waals surface area contributed by atoms with Gasteiger partial charge in [0, 0.05) is 12.3 Å². The fraction of sp³-hybridized carbons (Fsp3) is 0.364. The third-order valence-electron chi connectivity index (χ3n) is 2.31. The number of hydrogen-bond acceptors (Lipinski definition) is 3. The zero-order valence-electron chi connectivity index (χ0n) is 7.86. The van der Waals surface area contributed by atoms with Crippen LogP contribution in [0.25, 0.3) is 0 Å². The fourth-order valence-electron chi connectivity index (χ4n) is 1.53. The Morgan fingerprint density at radius 2 is 2.14 bits per heavy atom. The molecule has 2 rings (SSSR count). The average molecular weight is 188 g/mol. The molecule has 1 atom stereocenters. The summed E-state index contributed by atoms with van der Waals surface area (Å²) in [4.78, 5) is 0. The first-order chi connectivity index (χ1) is 6.88. The first-order valence-electron chi connectivity index (χ1n) is 4.73. The van der Waals surface area contributed by atoms with Gasteiger partial charge in [-0.25, -0.2) is 0 Å². The Balaban J connectivity index is 1.99. The summed E-state index contributed by atoms with van der Waals surface area (Å²) in [6.45, 7) is 1.62. The van der Waals surface area contributed by atoms with E-state index in [9.17, 15) is 0 Å². The Labute approximate surface area is 83.3 Å². The molecule has 14 heavy (non-hydrogen) atoms. The van der Waals surface area contributed by atoms with Crippen molar-refractivity contribution in [3.05, 3.63) is 29.8 Å². The number of nitriles is 1. The zero-order chi connectivity index (χ0) is 9.80. The molecule has 0 amide bonds. The van der Waals surface area contributed by atoms with Gasteiger partial charge in [-0.05, 0) is 30.7 Å². The van der Waals surface area contributed by atoms with E-state index >= 15 is 0 Å². The minimum atomic E-state index is 0.419.